The zero-order valence-corrected chi connectivity index (χ0v) is 10.6. The van der Waals surface area contributed by atoms with Gasteiger partial charge < -0.3 is 10.6 Å². The molecule has 0 aromatic heterocycles. The molecule has 4 heteroatoms. The molecule has 3 nitrogen and oxygen atoms in total. The van der Waals surface area contributed by atoms with E-state index in [-0.39, 0.29) is 23.8 Å². The van der Waals surface area contributed by atoms with E-state index in [1.165, 1.54) is 12.1 Å². The highest BCUT2D eigenvalue weighted by molar-refractivity contribution is 5.76. The van der Waals surface area contributed by atoms with Gasteiger partial charge in [0.2, 0.25) is 5.91 Å². The van der Waals surface area contributed by atoms with Crippen LogP contribution in [0.5, 0.6) is 0 Å². The monoisotopic (exact) mass is 250 g/mol. The fraction of sp³-hybridized carbons (Fsp3) is 0.500. The van der Waals surface area contributed by atoms with Gasteiger partial charge in [0, 0.05) is 25.0 Å². The molecule has 0 radical (unpaired) electrons. The van der Waals surface area contributed by atoms with Gasteiger partial charge in [-0.15, -0.1) is 0 Å². The summed E-state index contributed by atoms with van der Waals surface area (Å²) in [6.45, 7) is 2.80. The lowest BCUT2D eigenvalue weighted by molar-refractivity contribution is -0.121. The average molecular weight is 250 g/mol. The van der Waals surface area contributed by atoms with Crippen LogP contribution in [0.2, 0.25) is 0 Å². The van der Waals surface area contributed by atoms with Crippen molar-refractivity contribution >= 4 is 5.91 Å². The summed E-state index contributed by atoms with van der Waals surface area (Å²) in [5.41, 5.74) is 1.04. The molecule has 1 aliphatic heterocycles. The Morgan fingerprint density at radius 3 is 2.83 bits per heavy atom. The van der Waals surface area contributed by atoms with E-state index in [1.807, 2.05) is 6.92 Å². The highest BCUT2D eigenvalue weighted by Gasteiger charge is 2.19. The first-order chi connectivity index (χ1) is 8.65. The average Bonchev–Trinajstić information content (AvgIpc) is 2.54. The van der Waals surface area contributed by atoms with Gasteiger partial charge in [0.15, 0.2) is 0 Å². The second kappa shape index (κ2) is 5.96. The van der Waals surface area contributed by atoms with Gasteiger partial charge in [-0.25, -0.2) is 4.39 Å². The van der Waals surface area contributed by atoms with Gasteiger partial charge in [-0.3, -0.25) is 4.79 Å². The molecule has 0 bridgehead atoms. The topological polar surface area (TPSA) is 41.1 Å². The van der Waals surface area contributed by atoms with E-state index in [1.54, 1.807) is 12.1 Å². The van der Waals surface area contributed by atoms with E-state index < -0.39 is 0 Å². The van der Waals surface area contributed by atoms with Crippen LogP contribution in [0, 0.1) is 5.82 Å². The Bertz CT molecular complexity index is 405. The molecule has 1 saturated heterocycles. The van der Waals surface area contributed by atoms with Crippen molar-refractivity contribution in [2.75, 3.05) is 6.54 Å². The summed E-state index contributed by atoms with van der Waals surface area (Å²) in [6, 6.07) is 6.82. The fourth-order valence-corrected chi connectivity index (χ4v) is 2.32. The molecule has 1 aromatic rings. The van der Waals surface area contributed by atoms with Gasteiger partial charge in [-0.05, 0) is 37.5 Å². The van der Waals surface area contributed by atoms with Crippen molar-refractivity contribution in [1.82, 2.24) is 10.6 Å². The number of hydrogen-bond acceptors (Lipinski definition) is 2. The van der Waals surface area contributed by atoms with Crippen LogP contribution in [-0.2, 0) is 4.79 Å². The van der Waals surface area contributed by atoms with Gasteiger partial charge in [0.05, 0.1) is 0 Å². The van der Waals surface area contributed by atoms with Gasteiger partial charge in [0.1, 0.15) is 5.82 Å². The number of nitrogens with one attached hydrogen (secondary N) is 2. The third-order valence-electron chi connectivity index (χ3n) is 3.34. The highest BCUT2D eigenvalue weighted by atomic mass is 19.1. The summed E-state index contributed by atoms with van der Waals surface area (Å²) in [6.07, 6.45) is 2.51. The fourth-order valence-electron chi connectivity index (χ4n) is 2.32. The molecular formula is C14H19FN2O. The van der Waals surface area contributed by atoms with E-state index in [4.69, 9.17) is 0 Å². The zero-order chi connectivity index (χ0) is 13.0. The van der Waals surface area contributed by atoms with Crippen LogP contribution < -0.4 is 10.6 Å². The summed E-state index contributed by atoms with van der Waals surface area (Å²) in [7, 11) is 0. The van der Waals surface area contributed by atoms with E-state index >= 15 is 0 Å². The predicted octanol–water partition coefficient (Wildman–Crippen LogP) is 2.14. The molecule has 2 rings (SSSR count). The number of rotatable bonds is 3. The Hall–Kier alpha value is -1.42. The number of carbonyl (C=O) groups is 1. The third-order valence-corrected chi connectivity index (χ3v) is 3.34. The number of benzene rings is 1. The number of halogens is 1. The minimum atomic E-state index is -0.222. The number of carbonyl (C=O) groups excluding carboxylic acids is 1. The van der Waals surface area contributed by atoms with Crippen molar-refractivity contribution in [1.29, 1.82) is 0 Å². The van der Waals surface area contributed by atoms with Crippen molar-refractivity contribution in [3.05, 3.63) is 35.6 Å². The van der Waals surface area contributed by atoms with Gasteiger partial charge in [0.25, 0.3) is 0 Å². The maximum absolute atomic E-state index is 12.8. The normalized spacial score (nSPS) is 22.1. The lowest BCUT2D eigenvalue weighted by Gasteiger charge is -2.21. The predicted molar refractivity (Wildman–Crippen MR) is 68.6 cm³/mol. The first-order valence-corrected chi connectivity index (χ1v) is 6.43. The van der Waals surface area contributed by atoms with Gasteiger partial charge in [-0.1, -0.05) is 12.1 Å². The molecule has 2 atom stereocenters. The molecule has 1 amide bonds. The SMILES string of the molecule is C[C@@H](NC1CCCNC(=O)C1)c1ccc(F)cc1. The third kappa shape index (κ3) is 3.53. The van der Waals surface area contributed by atoms with Crippen molar-refractivity contribution in [2.24, 2.45) is 0 Å². The first kappa shape index (κ1) is 13.0. The molecule has 0 saturated carbocycles. The van der Waals surface area contributed by atoms with Crippen molar-refractivity contribution in [3.8, 4) is 0 Å². The van der Waals surface area contributed by atoms with Crippen molar-refractivity contribution < 1.29 is 9.18 Å². The minimum absolute atomic E-state index is 0.108. The van der Waals surface area contributed by atoms with Crippen LogP contribution in [0.1, 0.15) is 37.8 Å². The van der Waals surface area contributed by atoms with E-state index in [2.05, 4.69) is 10.6 Å². The minimum Gasteiger partial charge on any atom is -0.356 e. The molecule has 1 unspecified atom stereocenters. The Labute approximate surface area is 107 Å². The van der Waals surface area contributed by atoms with Crippen LogP contribution in [0.3, 0.4) is 0 Å². The molecule has 1 fully saturated rings. The molecule has 1 heterocycles. The first-order valence-electron chi connectivity index (χ1n) is 6.43. The van der Waals surface area contributed by atoms with E-state index in [9.17, 15) is 9.18 Å². The molecule has 2 N–H and O–H groups in total. The van der Waals surface area contributed by atoms with Crippen molar-refractivity contribution in [2.45, 2.75) is 38.3 Å². The van der Waals surface area contributed by atoms with E-state index in [0.717, 1.165) is 24.9 Å². The molecule has 98 valence electrons. The maximum Gasteiger partial charge on any atom is 0.221 e. The Morgan fingerprint density at radius 1 is 1.39 bits per heavy atom. The lowest BCUT2D eigenvalue weighted by Crippen LogP contribution is -2.34. The molecule has 1 aliphatic rings. The van der Waals surface area contributed by atoms with E-state index in [0.29, 0.717) is 6.42 Å². The number of hydrogen-bond donors (Lipinski definition) is 2. The smallest absolute Gasteiger partial charge is 0.221 e. The summed E-state index contributed by atoms with van der Waals surface area (Å²) < 4.78 is 12.8. The molecule has 0 aliphatic carbocycles. The van der Waals surface area contributed by atoms with Crippen LogP contribution in [0.15, 0.2) is 24.3 Å². The Balaban J connectivity index is 1.95. The Kier molecular flexibility index (Phi) is 4.31. The van der Waals surface area contributed by atoms with Crippen LogP contribution in [0.25, 0.3) is 0 Å². The standard InChI is InChI=1S/C14H19FN2O/c1-10(11-4-6-12(15)7-5-11)17-13-3-2-8-16-14(18)9-13/h4-7,10,13,17H,2-3,8-9H2,1H3,(H,16,18)/t10-,13?/m1/s1. The molecule has 18 heavy (non-hydrogen) atoms. The quantitative estimate of drug-likeness (QED) is 0.863. The second-order valence-corrected chi connectivity index (χ2v) is 4.83. The Morgan fingerprint density at radius 2 is 2.11 bits per heavy atom. The zero-order valence-electron chi connectivity index (χ0n) is 10.6. The molecular weight excluding hydrogens is 231 g/mol. The number of amides is 1. The molecule has 0 spiro atoms. The largest absolute Gasteiger partial charge is 0.356 e. The van der Waals surface area contributed by atoms with Crippen LogP contribution in [0.4, 0.5) is 4.39 Å². The summed E-state index contributed by atoms with van der Waals surface area (Å²) >= 11 is 0. The lowest BCUT2D eigenvalue weighted by atomic mass is 10.0. The second-order valence-electron chi connectivity index (χ2n) is 4.83. The maximum atomic E-state index is 12.8. The van der Waals surface area contributed by atoms with Crippen LogP contribution in [-0.4, -0.2) is 18.5 Å². The summed E-state index contributed by atoms with van der Waals surface area (Å²) in [5.74, 6) is -0.115. The summed E-state index contributed by atoms with van der Waals surface area (Å²) in [4.78, 5) is 11.5. The molecule has 1 aromatic carbocycles. The van der Waals surface area contributed by atoms with Gasteiger partial charge in [-0.2, -0.15) is 0 Å². The highest BCUT2D eigenvalue weighted by Crippen LogP contribution is 2.16. The van der Waals surface area contributed by atoms with Crippen molar-refractivity contribution in [3.63, 3.8) is 0 Å². The van der Waals surface area contributed by atoms with Gasteiger partial charge >= 0.3 is 0 Å². The van der Waals surface area contributed by atoms with Crippen LogP contribution >= 0.6 is 0 Å². The summed E-state index contributed by atoms with van der Waals surface area (Å²) in [5, 5.41) is 6.31.